The zero-order chi connectivity index (χ0) is 16.2. The van der Waals surface area contributed by atoms with E-state index in [9.17, 15) is 4.79 Å². The van der Waals surface area contributed by atoms with Crippen molar-refractivity contribution in [1.82, 2.24) is 14.9 Å². The van der Waals surface area contributed by atoms with Crippen LogP contribution in [0.2, 0.25) is 0 Å². The van der Waals surface area contributed by atoms with Gasteiger partial charge in [-0.05, 0) is 37.1 Å². The molecule has 1 aromatic carbocycles. The topological polar surface area (TPSA) is 61.4 Å². The molecule has 1 fully saturated rings. The van der Waals surface area contributed by atoms with Crippen LogP contribution in [0.1, 0.15) is 11.1 Å². The first-order valence-corrected chi connectivity index (χ1v) is 7.78. The number of nitrogens with zero attached hydrogens (tertiary/aromatic N) is 4. The Balaban J connectivity index is 1.75. The standard InChI is InChI=1S/C17H21N5O/c1-13-4-3-5-15(14(13)2)19-17-18-7-6-16(20-17)22-10-8-21(12-23)9-11-22/h3-7,12H,8-11H2,1-2H3,(H,18,19,20). The molecule has 0 unspecified atom stereocenters. The predicted octanol–water partition coefficient (Wildman–Crippen LogP) is 2.12. The van der Waals surface area contributed by atoms with E-state index in [2.05, 4.69) is 40.1 Å². The van der Waals surface area contributed by atoms with Gasteiger partial charge in [0, 0.05) is 38.1 Å². The number of piperazine rings is 1. The molecule has 0 aliphatic carbocycles. The number of hydrogen-bond donors (Lipinski definition) is 1. The molecular weight excluding hydrogens is 290 g/mol. The first-order chi connectivity index (χ1) is 11.2. The van der Waals surface area contributed by atoms with E-state index < -0.39 is 0 Å². The van der Waals surface area contributed by atoms with Crippen molar-refractivity contribution >= 4 is 23.9 Å². The maximum Gasteiger partial charge on any atom is 0.229 e. The van der Waals surface area contributed by atoms with Gasteiger partial charge in [0.05, 0.1) is 0 Å². The van der Waals surface area contributed by atoms with Crippen molar-refractivity contribution in [3.05, 3.63) is 41.6 Å². The van der Waals surface area contributed by atoms with Crippen molar-refractivity contribution in [3.63, 3.8) is 0 Å². The fourth-order valence-corrected chi connectivity index (χ4v) is 2.65. The number of carbonyl (C=O) groups excluding carboxylic acids is 1. The third-order valence-corrected chi connectivity index (χ3v) is 4.28. The highest BCUT2D eigenvalue weighted by atomic mass is 16.1. The Morgan fingerprint density at radius 3 is 2.65 bits per heavy atom. The molecule has 6 heteroatoms. The molecule has 1 N–H and O–H groups in total. The van der Waals surface area contributed by atoms with Gasteiger partial charge >= 0.3 is 0 Å². The van der Waals surface area contributed by atoms with Crippen LogP contribution in [-0.2, 0) is 4.79 Å². The van der Waals surface area contributed by atoms with Gasteiger partial charge in [0.1, 0.15) is 5.82 Å². The Morgan fingerprint density at radius 1 is 1.13 bits per heavy atom. The predicted molar refractivity (Wildman–Crippen MR) is 91.1 cm³/mol. The molecule has 1 aliphatic rings. The lowest BCUT2D eigenvalue weighted by molar-refractivity contribution is -0.118. The molecule has 1 amide bonds. The van der Waals surface area contributed by atoms with Crippen molar-refractivity contribution < 1.29 is 4.79 Å². The van der Waals surface area contributed by atoms with Crippen molar-refractivity contribution in [1.29, 1.82) is 0 Å². The SMILES string of the molecule is Cc1cccc(Nc2nccc(N3CCN(C=O)CC3)n2)c1C. The monoisotopic (exact) mass is 311 g/mol. The van der Waals surface area contributed by atoms with E-state index in [0.29, 0.717) is 5.95 Å². The van der Waals surface area contributed by atoms with Crippen LogP contribution in [0.4, 0.5) is 17.5 Å². The minimum Gasteiger partial charge on any atom is -0.353 e. The molecule has 0 saturated carbocycles. The lowest BCUT2D eigenvalue weighted by Crippen LogP contribution is -2.46. The van der Waals surface area contributed by atoms with Gasteiger partial charge in [-0.2, -0.15) is 4.98 Å². The van der Waals surface area contributed by atoms with Crippen LogP contribution in [0.15, 0.2) is 30.5 Å². The summed E-state index contributed by atoms with van der Waals surface area (Å²) < 4.78 is 0. The number of aryl methyl sites for hydroxylation is 1. The second-order valence-corrected chi connectivity index (χ2v) is 5.74. The molecule has 2 aromatic rings. The fraction of sp³-hybridized carbons (Fsp3) is 0.353. The van der Waals surface area contributed by atoms with E-state index in [1.807, 2.05) is 18.2 Å². The molecule has 120 valence electrons. The van der Waals surface area contributed by atoms with E-state index in [1.165, 1.54) is 11.1 Å². The van der Waals surface area contributed by atoms with Gasteiger partial charge in [-0.25, -0.2) is 4.98 Å². The van der Waals surface area contributed by atoms with Crippen LogP contribution in [0.3, 0.4) is 0 Å². The van der Waals surface area contributed by atoms with Gasteiger partial charge in [-0.3, -0.25) is 4.79 Å². The number of amides is 1. The Kier molecular flexibility index (Phi) is 4.41. The van der Waals surface area contributed by atoms with Crippen molar-refractivity contribution in [3.8, 4) is 0 Å². The summed E-state index contributed by atoms with van der Waals surface area (Å²) in [6, 6.07) is 8.05. The molecule has 1 aliphatic heterocycles. The van der Waals surface area contributed by atoms with Gasteiger partial charge in [0.15, 0.2) is 0 Å². The van der Waals surface area contributed by atoms with Gasteiger partial charge in [-0.15, -0.1) is 0 Å². The first kappa shape index (κ1) is 15.3. The fourth-order valence-electron chi connectivity index (χ4n) is 2.65. The molecule has 3 rings (SSSR count). The molecule has 0 spiro atoms. The van der Waals surface area contributed by atoms with Gasteiger partial charge in [0.2, 0.25) is 12.4 Å². The summed E-state index contributed by atoms with van der Waals surface area (Å²) in [6.07, 6.45) is 2.67. The molecular formula is C17H21N5O. The zero-order valence-corrected chi connectivity index (χ0v) is 13.5. The van der Waals surface area contributed by atoms with E-state index in [4.69, 9.17) is 0 Å². The number of carbonyl (C=O) groups is 1. The number of aromatic nitrogens is 2. The summed E-state index contributed by atoms with van der Waals surface area (Å²) in [7, 11) is 0. The summed E-state index contributed by atoms with van der Waals surface area (Å²) in [6.45, 7) is 7.21. The second-order valence-electron chi connectivity index (χ2n) is 5.74. The van der Waals surface area contributed by atoms with Crippen LogP contribution >= 0.6 is 0 Å². The van der Waals surface area contributed by atoms with Gasteiger partial charge in [0.25, 0.3) is 0 Å². The normalized spacial score (nSPS) is 14.7. The third-order valence-electron chi connectivity index (χ3n) is 4.28. The summed E-state index contributed by atoms with van der Waals surface area (Å²) in [5.41, 5.74) is 3.45. The number of benzene rings is 1. The molecule has 1 aromatic heterocycles. The Bertz CT molecular complexity index is 695. The molecule has 0 bridgehead atoms. The largest absolute Gasteiger partial charge is 0.353 e. The zero-order valence-electron chi connectivity index (χ0n) is 13.5. The van der Waals surface area contributed by atoms with Crippen LogP contribution in [-0.4, -0.2) is 47.5 Å². The molecule has 2 heterocycles. The maximum absolute atomic E-state index is 10.8. The average molecular weight is 311 g/mol. The smallest absolute Gasteiger partial charge is 0.229 e. The molecule has 0 atom stereocenters. The van der Waals surface area contributed by atoms with Crippen LogP contribution in [0.5, 0.6) is 0 Å². The lowest BCUT2D eigenvalue weighted by atomic mass is 10.1. The van der Waals surface area contributed by atoms with Crippen molar-refractivity contribution in [2.45, 2.75) is 13.8 Å². The average Bonchev–Trinajstić information content (AvgIpc) is 2.59. The van der Waals surface area contributed by atoms with E-state index >= 15 is 0 Å². The highest BCUT2D eigenvalue weighted by Crippen LogP contribution is 2.22. The van der Waals surface area contributed by atoms with Crippen LogP contribution in [0, 0.1) is 13.8 Å². The summed E-state index contributed by atoms with van der Waals surface area (Å²) in [5, 5.41) is 3.30. The van der Waals surface area contributed by atoms with E-state index in [1.54, 1.807) is 11.1 Å². The van der Waals surface area contributed by atoms with Crippen molar-refractivity contribution in [2.24, 2.45) is 0 Å². The highest BCUT2D eigenvalue weighted by molar-refractivity contribution is 5.61. The first-order valence-electron chi connectivity index (χ1n) is 7.78. The number of hydrogen-bond acceptors (Lipinski definition) is 5. The van der Waals surface area contributed by atoms with E-state index in [0.717, 1.165) is 44.1 Å². The van der Waals surface area contributed by atoms with Gasteiger partial charge in [-0.1, -0.05) is 12.1 Å². The van der Waals surface area contributed by atoms with Crippen LogP contribution in [0.25, 0.3) is 0 Å². The summed E-state index contributed by atoms with van der Waals surface area (Å²) in [4.78, 5) is 23.7. The molecule has 6 nitrogen and oxygen atoms in total. The molecule has 0 radical (unpaired) electrons. The minimum absolute atomic E-state index is 0.592. The van der Waals surface area contributed by atoms with Crippen LogP contribution < -0.4 is 10.2 Å². The molecule has 1 saturated heterocycles. The summed E-state index contributed by atoms with van der Waals surface area (Å²) >= 11 is 0. The van der Waals surface area contributed by atoms with Gasteiger partial charge < -0.3 is 15.1 Å². The lowest BCUT2D eigenvalue weighted by Gasteiger charge is -2.33. The number of anilines is 3. The van der Waals surface area contributed by atoms with Crippen molar-refractivity contribution in [2.75, 3.05) is 36.4 Å². The van der Waals surface area contributed by atoms with E-state index in [-0.39, 0.29) is 0 Å². The number of rotatable bonds is 4. The highest BCUT2D eigenvalue weighted by Gasteiger charge is 2.17. The Hall–Kier alpha value is -2.63. The number of nitrogens with one attached hydrogen (secondary N) is 1. The Morgan fingerprint density at radius 2 is 1.91 bits per heavy atom. The Labute approximate surface area is 136 Å². The second kappa shape index (κ2) is 6.64. The molecule has 23 heavy (non-hydrogen) atoms. The summed E-state index contributed by atoms with van der Waals surface area (Å²) in [5.74, 6) is 1.48. The maximum atomic E-state index is 10.8. The minimum atomic E-state index is 0.592. The third kappa shape index (κ3) is 3.41. The quantitative estimate of drug-likeness (QED) is 0.876.